The van der Waals surface area contributed by atoms with E-state index in [1.54, 1.807) is 20.8 Å². The summed E-state index contributed by atoms with van der Waals surface area (Å²) in [6, 6.07) is 3.93. The molecule has 0 aromatic heterocycles. The van der Waals surface area contributed by atoms with E-state index >= 15 is 0 Å². The van der Waals surface area contributed by atoms with Crippen LogP contribution in [0.5, 0.6) is 0 Å². The van der Waals surface area contributed by atoms with Gasteiger partial charge in [-0.25, -0.2) is 23.0 Å². The third-order valence-corrected chi connectivity index (χ3v) is 5.51. The molecule has 154 valence electrons. The summed E-state index contributed by atoms with van der Waals surface area (Å²) in [6.07, 6.45) is -4.86. The quantitative estimate of drug-likeness (QED) is 0.720. The molecule has 1 fully saturated rings. The number of anilines is 1. The molecular formula is C18H22F3N3O3S. The van der Waals surface area contributed by atoms with E-state index in [1.165, 1.54) is 18.2 Å². The molecule has 3 atom stereocenters. The van der Waals surface area contributed by atoms with Gasteiger partial charge in [0.15, 0.2) is 5.17 Å². The summed E-state index contributed by atoms with van der Waals surface area (Å²) in [5, 5.41) is 2.67. The summed E-state index contributed by atoms with van der Waals surface area (Å²) in [6.45, 7) is 4.88. The highest BCUT2D eigenvalue weighted by molar-refractivity contribution is 8.13. The molecule has 0 bridgehead atoms. The molecule has 0 radical (unpaired) electrons. The molecule has 2 aliphatic rings. The maximum atomic E-state index is 14.6. The summed E-state index contributed by atoms with van der Waals surface area (Å²) in [4.78, 5) is 16.5. The molecule has 6 nitrogen and oxygen atoms in total. The highest BCUT2D eigenvalue weighted by Crippen LogP contribution is 2.49. The van der Waals surface area contributed by atoms with E-state index in [0.29, 0.717) is 0 Å². The number of amidine groups is 1. The van der Waals surface area contributed by atoms with Crippen LogP contribution in [0.25, 0.3) is 0 Å². The van der Waals surface area contributed by atoms with Crippen LogP contribution in [0.15, 0.2) is 23.2 Å². The van der Waals surface area contributed by atoms with Gasteiger partial charge in [-0.15, -0.1) is 0 Å². The lowest BCUT2D eigenvalue weighted by Gasteiger charge is -2.36. The number of amides is 1. The number of thioether (sulfide) groups is 1. The van der Waals surface area contributed by atoms with Gasteiger partial charge in [0.1, 0.15) is 23.1 Å². The molecule has 2 aliphatic heterocycles. The number of aliphatic imine (C=N–C) groups is 1. The van der Waals surface area contributed by atoms with Gasteiger partial charge in [-0.1, -0.05) is 11.8 Å². The van der Waals surface area contributed by atoms with Gasteiger partial charge >= 0.3 is 6.09 Å². The van der Waals surface area contributed by atoms with Crippen molar-refractivity contribution in [1.82, 2.24) is 5.32 Å². The number of nitrogens with one attached hydrogen (secondary N) is 1. The van der Waals surface area contributed by atoms with Crippen LogP contribution in [0.4, 0.5) is 23.7 Å². The fourth-order valence-corrected chi connectivity index (χ4v) is 4.55. The third-order valence-electron chi connectivity index (χ3n) is 4.52. The summed E-state index contributed by atoms with van der Waals surface area (Å²) >= 11 is 1.09. The maximum absolute atomic E-state index is 14.6. The molecule has 1 aromatic rings. The Kier molecular flexibility index (Phi) is 5.55. The minimum Gasteiger partial charge on any atom is -0.444 e. The highest BCUT2D eigenvalue weighted by atomic mass is 32.2. The van der Waals surface area contributed by atoms with E-state index in [-0.39, 0.29) is 28.8 Å². The molecular weight excluding hydrogens is 395 g/mol. The number of carbonyl (C=O) groups is 1. The number of nitrogens with zero attached hydrogens (tertiary/aromatic N) is 1. The van der Waals surface area contributed by atoms with Crippen molar-refractivity contribution in [3.8, 4) is 0 Å². The smallest absolute Gasteiger partial charge is 0.413 e. The topological polar surface area (TPSA) is 85.9 Å². The first-order valence-electron chi connectivity index (χ1n) is 8.70. The second-order valence-electron chi connectivity index (χ2n) is 7.73. The highest BCUT2D eigenvalue weighted by Gasteiger charge is 2.57. The zero-order valence-corrected chi connectivity index (χ0v) is 16.5. The lowest BCUT2D eigenvalue weighted by molar-refractivity contribution is -0.0359. The number of nitrogens with two attached hydrogens (primary N) is 1. The minimum atomic E-state index is -2.74. The van der Waals surface area contributed by atoms with Gasteiger partial charge in [0.2, 0.25) is 0 Å². The number of alkyl carbamates (subject to hydrolysis) is 1. The van der Waals surface area contributed by atoms with Crippen LogP contribution in [0.1, 0.15) is 26.3 Å². The van der Waals surface area contributed by atoms with Crippen molar-refractivity contribution < 1.29 is 27.4 Å². The van der Waals surface area contributed by atoms with Crippen molar-refractivity contribution in [2.24, 2.45) is 10.9 Å². The first-order chi connectivity index (χ1) is 13.0. The van der Waals surface area contributed by atoms with Gasteiger partial charge in [-0.2, -0.15) is 0 Å². The second kappa shape index (κ2) is 7.47. The number of fused-ring (bicyclic) bond motifs is 1. The number of ether oxygens (including phenoxy) is 2. The number of carbonyl (C=O) groups excluding carboxylic acids is 1. The van der Waals surface area contributed by atoms with Gasteiger partial charge in [0.25, 0.3) is 6.43 Å². The third kappa shape index (κ3) is 4.07. The summed E-state index contributed by atoms with van der Waals surface area (Å²) < 4.78 is 52.1. The monoisotopic (exact) mass is 417 g/mol. The van der Waals surface area contributed by atoms with E-state index in [0.717, 1.165) is 11.8 Å². The SMILES string of the molecule is CC(C)(C)OC(=O)NC1=N[C@@]2(c3cc(N)ccc3F)CO[C@H](C(F)F)[C@H]2CS1. The molecule has 1 amide bonds. The van der Waals surface area contributed by atoms with Crippen molar-refractivity contribution >= 4 is 28.7 Å². The normalized spacial score (nSPS) is 27.3. The number of halogens is 3. The molecule has 10 heteroatoms. The molecule has 2 heterocycles. The number of hydrogen-bond donors (Lipinski definition) is 2. The average molecular weight is 417 g/mol. The van der Waals surface area contributed by atoms with Crippen molar-refractivity contribution in [3.63, 3.8) is 0 Å². The fraction of sp³-hybridized carbons (Fsp3) is 0.556. The Balaban J connectivity index is 2.00. The number of hydrogen-bond acceptors (Lipinski definition) is 6. The Bertz CT molecular complexity index is 800. The fourth-order valence-electron chi connectivity index (χ4n) is 3.36. The standard InChI is InChI=1S/C18H22F3N3O3S/c1-17(2,3)27-16(25)23-15-24-18(10-6-9(22)4-5-12(10)19)8-26-13(14(20)21)11(18)7-28-15/h4-6,11,13-14H,7-8,22H2,1-3H3,(H,23,24,25)/t11-,13+,18-/m1/s1. The Morgan fingerprint density at radius 2 is 2.18 bits per heavy atom. The Hall–Kier alpha value is -1.94. The minimum absolute atomic E-state index is 0.0736. The molecule has 3 N–H and O–H groups in total. The van der Waals surface area contributed by atoms with Gasteiger partial charge in [0, 0.05) is 22.9 Å². The Morgan fingerprint density at radius 1 is 1.46 bits per heavy atom. The zero-order chi connectivity index (χ0) is 20.7. The van der Waals surface area contributed by atoms with Crippen molar-refractivity contribution in [2.45, 2.75) is 44.4 Å². The molecule has 0 unspecified atom stereocenters. The van der Waals surface area contributed by atoms with Crippen LogP contribution >= 0.6 is 11.8 Å². The van der Waals surface area contributed by atoms with Crippen molar-refractivity contribution in [3.05, 3.63) is 29.6 Å². The van der Waals surface area contributed by atoms with E-state index < -0.39 is 41.5 Å². The molecule has 0 spiro atoms. The predicted molar refractivity (Wildman–Crippen MR) is 101 cm³/mol. The largest absolute Gasteiger partial charge is 0.444 e. The molecule has 1 saturated heterocycles. The van der Waals surface area contributed by atoms with Crippen LogP contribution in [-0.4, -0.2) is 41.8 Å². The van der Waals surface area contributed by atoms with Crippen LogP contribution in [0, 0.1) is 11.7 Å². The van der Waals surface area contributed by atoms with Gasteiger partial charge in [0.05, 0.1) is 6.61 Å². The number of rotatable bonds is 2. The number of alkyl halides is 2. The molecule has 28 heavy (non-hydrogen) atoms. The van der Waals surface area contributed by atoms with Gasteiger partial charge in [-0.05, 0) is 39.0 Å². The molecule has 0 aliphatic carbocycles. The first kappa shape index (κ1) is 20.8. The maximum Gasteiger partial charge on any atom is 0.413 e. The van der Waals surface area contributed by atoms with Crippen LogP contribution < -0.4 is 11.1 Å². The molecule has 0 saturated carbocycles. The zero-order valence-electron chi connectivity index (χ0n) is 15.7. The van der Waals surface area contributed by atoms with Crippen molar-refractivity contribution in [2.75, 3.05) is 18.1 Å². The lowest BCUT2D eigenvalue weighted by atomic mass is 9.78. The van der Waals surface area contributed by atoms with Crippen LogP contribution in [0.2, 0.25) is 0 Å². The van der Waals surface area contributed by atoms with Crippen LogP contribution in [0.3, 0.4) is 0 Å². The van der Waals surface area contributed by atoms with E-state index in [2.05, 4.69) is 10.3 Å². The van der Waals surface area contributed by atoms with E-state index in [4.69, 9.17) is 15.2 Å². The van der Waals surface area contributed by atoms with Gasteiger partial charge < -0.3 is 15.2 Å². The predicted octanol–water partition coefficient (Wildman–Crippen LogP) is 3.51. The Morgan fingerprint density at radius 3 is 2.82 bits per heavy atom. The summed E-state index contributed by atoms with van der Waals surface area (Å²) in [7, 11) is 0. The van der Waals surface area contributed by atoms with Crippen LogP contribution in [-0.2, 0) is 15.0 Å². The van der Waals surface area contributed by atoms with Gasteiger partial charge in [-0.3, -0.25) is 5.32 Å². The van der Waals surface area contributed by atoms with Crippen molar-refractivity contribution in [1.29, 1.82) is 0 Å². The second-order valence-corrected chi connectivity index (χ2v) is 8.74. The Labute approximate surface area is 165 Å². The summed E-state index contributed by atoms with van der Waals surface area (Å²) in [5.74, 6) is -1.24. The molecule has 3 rings (SSSR count). The average Bonchev–Trinajstić information content (AvgIpc) is 2.95. The number of nitrogen functional groups attached to an aromatic ring is 1. The summed E-state index contributed by atoms with van der Waals surface area (Å²) in [5.41, 5.74) is 4.02. The first-order valence-corrected chi connectivity index (χ1v) is 9.68. The number of benzene rings is 1. The molecule has 1 aromatic carbocycles. The van der Waals surface area contributed by atoms with E-state index in [9.17, 15) is 18.0 Å². The lowest BCUT2D eigenvalue weighted by Crippen LogP contribution is -2.46. The van der Waals surface area contributed by atoms with E-state index in [1.807, 2.05) is 0 Å².